The van der Waals surface area contributed by atoms with Gasteiger partial charge in [0.2, 0.25) is 0 Å². The summed E-state index contributed by atoms with van der Waals surface area (Å²) in [7, 11) is 0. The number of hydrogen-bond acceptors (Lipinski definition) is 3. The molecule has 3 nitrogen and oxygen atoms in total. The van der Waals surface area contributed by atoms with Gasteiger partial charge >= 0.3 is 5.97 Å². The number of benzene rings is 1. The maximum atomic E-state index is 11.6. The van der Waals surface area contributed by atoms with Crippen molar-refractivity contribution < 1.29 is 9.53 Å². The van der Waals surface area contributed by atoms with Crippen molar-refractivity contribution >= 4 is 5.97 Å². The molecule has 0 heterocycles. The van der Waals surface area contributed by atoms with Gasteiger partial charge in [0.15, 0.2) is 0 Å². The Hall–Kier alpha value is -1.35. The molecule has 1 aromatic carbocycles. The number of rotatable bonds is 6. The fourth-order valence-corrected chi connectivity index (χ4v) is 1.55. The largest absolute Gasteiger partial charge is 0.464 e. The Morgan fingerprint density at radius 3 is 2.53 bits per heavy atom. The molecular formula is C14H21NO2. The highest BCUT2D eigenvalue weighted by atomic mass is 16.5. The van der Waals surface area contributed by atoms with Gasteiger partial charge in [-0.05, 0) is 24.3 Å². The summed E-state index contributed by atoms with van der Waals surface area (Å²) in [5.74, 6) is 0.288. The second-order valence-corrected chi connectivity index (χ2v) is 4.59. The van der Waals surface area contributed by atoms with Crippen LogP contribution < -0.4 is 5.73 Å². The maximum Gasteiger partial charge on any atom is 0.327 e. The predicted octanol–water partition coefficient (Wildman–Crippen LogP) is 2.67. The van der Waals surface area contributed by atoms with Crippen LogP contribution in [-0.2, 0) is 9.53 Å². The third-order valence-corrected chi connectivity index (χ3v) is 2.58. The summed E-state index contributed by atoms with van der Waals surface area (Å²) in [6.45, 7) is 4.76. The lowest BCUT2D eigenvalue weighted by atomic mass is 10.1. The van der Waals surface area contributed by atoms with E-state index in [1.807, 2.05) is 30.3 Å². The molecule has 0 saturated heterocycles. The fraction of sp³-hybridized carbons (Fsp3) is 0.500. The summed E-state index contributed by atoms with van der Waals surface area (Å²) in [5.41, 5.74) is 6.60. The Balaban J connectivity index is 2.33. The summed E-state index contributed by atoms with van der Waals surface area (Å²) in [6, 6.07) is 8.61. The zero-order chi connectivity index (χ0) is 12.7. The molecule has 0 aliphatic carbocycles. The summed E-state index contributed by atoms with van der Waals surface area (Å²) in [6.07, 6.45) is 1.96. The lowest BCUT2D eigenvalue weighted by molar-refractivity contribution is -0.145. The Morgan fingerprint density at radius 2 is 1.94 bits per heavy atom. The van der Waals surface area contributed by atoms with Gasteiger partial charge < -0.3 is 10.5 Å². The van der Waals surface area contributed by atoms with Crippen LogP contribution in [-0.4, -0.2) is 12.6 Å². The van der Waals surface area contributed by atoms with Gasteiger partial charge in [-0.1, -0.05) is 44.2 Å². The highest BCUT2D eigenvalue weighted by molar-refractivity contribution is 5.77. The molecule has 0 aliphatic heterocycles. The van der Waals surface area contributed by atoms with Crippen molar-refractivity contribution in [1.29, 1.82) is 0 Å². The zero-order valence-corrected chi connectivity index (χ0v) is 10.6. The van der Waals surface area contributed by atoms with Crippen molar-refractivity contribution in [3.8, 4) is 0 Å². The van der Waals surface area contributed by atoms with Gasteiger partial charge in [-0.3, -0.25) is 0 Å². The van der Waals surface area contributed by atoms with Crippen molar-refractivity contribution in [1.82, 2.24) is 0 Å². The van der Waals surface area contributed by atoms with Crippen LogP contribution in [0.1, 0.15) is 38.3 Å². The molecule has 17 heavy (non-hydrogen) atoms. The van der Waals surface area contributed by atoms with E-state index in [1.165, 1.54) is 0 Å². The van der Waals surface area contributed by atoms with Crippen molar-refractivity contribution in [2.75, 3.05) is 6.61 Å². The minimum Gasteiger partial charge on any atom is -0.464 e. The quantitative estimate of drug-likeness (QED) is 0.609. The standard InChI is InChI=1S/C14H21NO2/c1-11(2)7-6-10-17-14(16)13(15)12-8-4-3-5-9-12/h3-5,8-9,11,13H,6-7,10,15H2,1-2H3. The highest BCUT2D eigenvalue weighted by Gasteiger charge is 2.16. The summed E-state index contributed by atoms with van der Waals surface area (Å²) in [4.78, 5) is 11.6. The van der Waals surface area contributed by atoms with E-state index >= 15 is 0 Å². The van der Waals surface area contributed by atoms with Gasteiger partial charge in [-0.2, -0.15) is 0 Å². The molecule has 2 N–H and O–H groups in total. The van der Waals surface area contributed by atoms with Gasteiger partial charge in [-0.15, -0.1) is 0 Å². The molecule has 94 valence electrons. The van der Waals surface area contributed by atoms with Crippen LogP contribution in [0, 0.1) is 5.92 Å². The molecule has 0 aliphatic rings. The fourth-order valence-electron chi connectivity index (χ4n) is 1.55. The van der Waals surface area contributed by atoms with Crippen LogP contribution in [0.4, 0.5) is 0 Å². The lowest BCUT2D eigenvalue weighted by Crippen LogP contribution is -2.24. The molecule has 1 atom stereocenters. The van der Waals surface area contributed by atoms with Gasteiger partial charge in [-0.25, -0.2) is 4.79 Å². The van der Waals surface area contributed by atoms with E-state index in [9.17, 15) is 4.79 Å². The monoisotopic (exact) mass is 235 g/mol. The van der Waals surface area contributed by atoms with Gasteiger partial charge in [0.25, 0.3) is 0 Å². The summed E-state index contributed by atoms with van der Waals surface area (Å²) >= 11 is 0. The zero-order valence-electron chi connectivity index (χ0n) is 10.6. The van der Waals surface area contributed by atoms with Crippen molar-refractivity contribution in [2.24, 2.45) is 11.7 Å². The summed E-state index contributed by atoms with van der Waals surface area (Å²) in [5, 5.41) is 0. The first-order valence-electron chi connectivity index (χ1n) is 6.08. The molecule has 0 fully saturated rings. The van der Waals surface area contributed by atoms with Crippen LogP contribution in [0.2, 0.25) is 0 Å². The normalized spacial score (nSPS) is 12.5. The van der Waals surface area contributed by atoms with Crippen LogP contribution in [0.5, 0.6) is 0 Å². The Morgan fingerprint density at radius 1 is 1.29 bits per heavy atom. The molecular weight excluding hydrogens is 214 g/mol. The van der Waals surface area contributed by atoms with Crippen molar-refractivity contribution in [3.63, 3.8) is 0 Å². The Bertz CT molecular complexity index is 335. The molecule has 0 amide bonds. The van der Waals surface area contributed by atoms with E-state index < -0.39 is 6.04 Å². The predicted molar refractivity (Wildman–Crippen MR) is 68.4 cm³/mol. The third kappa shape index (κ3) is 5.00. The van der Waals surface area contributed by atoms with Crippen LogP contribution in [0.15, 0.2) is 30.3 Å². The second kappa shape index (κ2) is 7.07. The number of carbonyl (C=O) groups is 1. The minimum atomic E-state index is -0.671. The minimum absolute atomic E-state index is 0.347. The van der Waals surface area contributed by atoms with E-state index in [-0.39, 0.29) is 5.97 Å². The first-order valence-corrected chi connectivity index (χ1v) is 6.08. The Kier molecular flexibility index (Phi) is 5.70. The second-order valence-electron chi connectivity index (χ2n) is 4.59. The molecule has 0 saturated carbocycles. The van der Waals surface area contributed by atoms with Crippen molar-refractivity contribution in [3.05, 3.63) is 35.9 Å². The SMILES string of the molecule is CC(C)CCCOC(=O)C(N)c1ccccc1. The molecule has 3 heteroatoms. The van der Waals surface area contributed by atoms with E-state index in [1.54, 1.807) is 0 Å². The van der Waals surface area contributed by atoms with E-state index in [4.69, 9.17) is 10.5 Å². The van der Waals surface area contributed by atoms with Gasteiger partial charge in [0, 0.05) is 0 Å². The molecule has 0 radical (unpaired) electrons. The average molecular weight is 235 g/mol. The maximum absolute atomic E-state index is 11.6. The van der Waals surface area contributed by atoms with Crippen LogP contribution in [0.3, 0.4) is 0 Å². The third-order valence-electron chi connectivity index (χ3n) is 2.58. The Labute approximate surface area is 103 Å². The molecule has 1 aromatic rings. The van der Waals surface area contributed by atoms with Crippen molar-refractivity contribution in [2.45, 2.75) is 32.7 Å². The van der Waals surface area contributed by atoms with E-state index in [2.05, 4.69) is 13.8 Å². The van der Waals surface area contributed by atoms with Gasteiger partial charge in [0.1, 0.15) is 6.04 Å². The van der Waals surface area contributed by atoms with E-state index in [0.29, 0.717) is 12.5 Å². The van der Waals surface area contributed by atoms with Crippen LogP contribution >= 0.6 is 0 Å². The number of ether oxygens (including phenoxy) is 1. The first-order chi connectivity index (χ1) is 8.11. The molecule has 0 bridgehead atoms. The van der Waals surface area contributed by atoms with Crippen LogP contribution in [0.25, 0.3) is 0 Å². The summed E-state index contributed by atoms with van der Waals surface area (Å²) < 4.78 is 5.14. The average Bonchev–Trinajstić information content (AvgIpc) is 2.34. The number of nitrogens with two attached hydrogens (primary N) is 1. The lowest BCUT2D eigenvalue weighted by Gasteiger charge is -2.12. The molecule has 1 unspecified atom stereocenters. The first kappa shape index (κ1) is 13.7. The molecule has 0 spiro atoms. The number of carbonyl (C=O) groups excluding carboxylic acids is 1. The topological polar surface area (TPSA) is 52.3 Å². The molecule has 0 aromatic heterocycles. The highest BCUT2D eigenvalue weighted by Crippen LogP contribution is 2.11. The van der Waals surface area contributed by atoms with E-state index in [0.717, 1.165) is 18.4 Å². The van der Waals surface area contributed by atoms with Gasteiger partial charge in [0.05, 0.1) is 6.61 Å². The number of esters is 1. The number of hydrogen-bond donors (Lipinski definition) is 1. The molecule has 1 rings (SSSR count). The smallest absolute Gasteiger partial charge is 0.327 e.